The maximum absolute atomic E-state index is 12.5. The summed E-state index contributed by atoms with van der Waals surface area (Å²) in [6.45, 7) is 5.41. The van der Waals surface area contributed by atoms with E-state index in [1.54, 1.807) is 17.7 Å². The molecule has 1 heterocycles. The highest BCUT2D eigenvalue weighted by molar-refractivity contribution is 5.92. The molecule has 0 radical (unpaired) electrons. The first-order valence-electron chi connectivity index (χ1n) is 8.37. The summed E-state index contributed by atoms with van der Waals surface area (Å²) in [6.07, 6.45) is 3.34. The number of carbonyl (C=O) groups excluding carboxylic acids is 2. The van der Waals surface area contributed by atoms with E-state index >= 15 is 0 Å². The number of rotatable bonds is 6. The summed E-state index contributed by atoms with van der Waals surface area (Å²) >= 11 is 0. The Morgan fingerprint density at radius 1 is 1.36 bits per heavy atom. The molecule has 0 bridgehead atoms. The van der Waals surface area contributed by atoms with Crippen LogP contribution in [0.3, 0.4) is 0 Å². The summed E-state index contributed by atoms with van der Waals surface area (Å²) in [5, 5.41) is 7.08. The van der Waals surface area contributed by atoms with Crippen LogP contribution in [0.25, 0.3) is 5.69 Å². The number of para-hydroxylation sites is 1. The van der Waals surface area contributed by atoms with Gasteiger partial charge >= 0.3 is 5.97 Å². The van der Waals surface area contributed by atoms with Crippen LogP contribution < -0.4 is 5.32 Å². The van der Waals surface area contributed by atoms with Gasteiger partial charge in [-0.15, -0.1) is 6.58 Å². The van der Waals surface area contributed by atoms with Crippen molar-refractivity contribution in [2.24, 2.45) is 0 Å². The smallest absolute Gasteiger partial charge is 0.359 e. The highest BCUT2D eigenvalue weighted by Crippen LogP contribution is 2.28. The maximum atomic E-state index is 12.5. The molecule has 1 aromatic carbocycles. The zero-order chi connectivity index (χ0) is 17.8. The van der Waals surface area contributed by atoms with Gasteiger partial charge in [-0.25, -0.2) is 9.48 Å². The Kier molecular flexibility index (Phi) is 4.97. The van der Waals surface area contributed by atoms with Crippen molar-refractivity contribution in [2.45, 2.75) is 32.3 Å². The SMILES string of the molecule is C=CCNC(=O)[C@@H](C)OC(=O)c1nn(-c2ccccc2)c2c1CCC2. The number of carbonyl (C=O) groups is 2. The molecule has 130 valence electrons. The molecule has 25 heavy (non-hydrogen) atoms. The minimum Gasteiger partial charge on any atom is -0.448 e. The summed E-state index contributed by atoms with van der Waals surface area (Å²) in [5.41, 5.74) is 3.19. The van der Waals surface area contributed by atoms with Crippen LogP contribution in [0.4, 0.5) is 0 Å². The normalized spacial score (nSPS) is 13.8. The van der Waals surface area contributed by atoms with Crippen LogP contribution in [0, 0.1) is 0 Å². The molecule has 6 heteroatoms. The molecule has 1 aliphatic rings. The highest BCUT2D eigenvalue weighted by Gasteiger charge is 2.29. The number of nitrogens with zero attached hydrogens (tertiary/aromatic N) is 2. The quantitative estimate of drug-likeness (QED) is 0.647. The summed E-state index contributed by atoms with van der Waals surface area (Å²) in [4.78, 5) is 24.4. The van der Waals surface area contributed by atoms with Gasteiger partial charge in [-0.3, -0.25) is 4.79 Å². The van der Waals surface area contributed by atoms with Crippen LogP contribution in [-0.4, -0.2) is 34.3 Å². The molecule has 0 fully saturated rings. The van der Waals surface area contributed by atoms with Gasteiger partial charge in [-0.1, -0.05) is 24.3 Å². The molecule has 1 aliphatic carbocycles. The fourth-order valence-electron chi connectivity index (χ4n) is 2.97. The molecule has 3 rings (SSSR count). The lowest BCUT2D eigenvalue weighted by Crippen LogP contribution is -2.36. The first-order chi connectivity index (χ1) is 12.1. The van der Waals surface area contributed by atoms with Crippen molar-refractivity contribution in [1.82, 2.24) is 15.1 Å². The van der Waals surface area contributed by atoms with Crippen molar-refractivity contribution in [3.05, 3.63) is 59.9 Å². The van der Waals surface area contributed by atoms with Crippen molar-refractivity contribution in [2.75, 3.05) is 6.54 Å². The third-order valence-electron chi connectivity index (χ3n) is 4.20. The lowest BCUT2D eigenvalue weighted by Gasteiger charge is -2.12. The molecule has 1 atom stereocenters. The number of amides is 1. The summed E-state index contributed by atoms with van der Waals surface area (Å²) in [5.74, 6) is -0.915. The molecule has 6 nitrogen and oxygen atoms in total. The van der Waals surface area contributed by atoms with E-state index in [0.717, 1.165) is 36.2 Å². The second-order valence-corrected chi connectivity index (χ2v) is 5.96. The van der Waals surface area contributed by atoms with E-state index in [2.05, 4.69) is 17.0 Å². The molecule has 0 spiro atoms. The topological polar surface area (TPSA) is 73.2 Å². The van der Waals surface area contributed by atoms with E-state index < -0.39 is 12.1 Å². The molecule has 0 aliphatic heterocycles. The predicted octanol–water partition coefficient (Wildman–Crippen LogP) is 2.21. The molecule has 0 unspecified atom stereocenters. The fourth-order valence-corrected chi connectivity index (χ4v) is 2.97. The molecule has 2 aromatic rings. The number of hydrogen-bond acceptors (Lipinski definition) is 4. The lowest BCUT2D eigenvalue weighted by molar-refractivity contribution is -0.128. The average Bonchev–Trinajstić information content (AvgIpc) is 3.22. The van der Waals surface area contributed by atoms with Crippen molar-refractivity contribution >= 4 is 11.9 Å². The number of aromatic nitrogens is 2. The van der Waals surface area contributed by atoms with Crippen molar-refractivity contribution in [3.8, 4) is 5.69 Å². The monoisotopic (exact) mass is 339 g/mol. The van der Waals surface area contributed by atoms with Gasteiger partial charge in [0.1, 0.15) is 0 Å². The summed E-state index contributed by atoms with van der Waals surface area (Å²) in [6, 6.07) is 9.70. The Morgan fingerprint density at radius 2 is 2.12 bits per heavy atom. The first kappa shape index (κ1) is 17.0. The average molecular weight is 339 g/mol. The van der Waals surface area contributed by atoms with Gasteiger partial charge in [-0.2, -0.15) is 5.10 Å². The lowest BCUT2D eigenvalue weighted by atomic mass is 10.2. The van der Waals surface area contributed by atoms with E-state index in [-0.39, 0.29) is 5.91 Å². The number of nitrogens with one attached hydrogen (secondary N) is 1. The predicted molar refractivity (Wildman–Crippen MR) is 93.7 cm³/mol. The third kappa shape index (κ3) is 3.47. The Bertz CT molecular complexity index is 796. The first-order valence-corrected chi connectivity index (χ1v) is 8.37. The van der Waals surface area contributed by atoms with Crippen molar-refractivity contribution in [3.63, 3.8) is 0 Å². The Labute approximate surface area is 146 Å². The van der Waals surface area contributed by atoms with Crippen molar-refractivity contribution < 1.29 is 14.3 Å². The largest absolute Gasteiger partial charge is 0.448 e. The molecule has 1 aromatic heterocycles. The second-order valence-electron chi connectivity index (χ2n) is 5.96. The van der Waals surface area contributed by atoms with Gasteiger partial charge < -0.3 is 10.1 Å². The zero-order valence-corrected chi connectivity index (χ0v) is 14.2. The van der Waals surface area contributed by atoms with E-state index in [0.29, 0.717) is 12.2 Å². The summed E-state index contributed by atoms with van der Waals surface area (Å²) < 4.78 is 7.12. The van der Waals surface area contributed by atoms with Gasteiger partial charge in [-0.05, 0) is 38.3 Å². The molecule has 0 saturated carbocycles. The van der Waals surface area contributed by atoms with Crippen LogP contribution in [-0.2, 0) is 22.4 Å². The number of fused-ring (bicyclic) bond motifs is 1. The van der Waals surface area contributed by atoms with E-state index in [9.17, 15) is 9.59 Å². The number of esters is 1. The van der Waals surface area contributed by atoms with Crippen LogP contribution in [0.15, 0.2) is 43.0 Å². The molecular formula is C19H21N3O3. The van der Waals surface area contributed by atoms with Gasteiger partial charge in [0, 0.05) is 17.8 Å². The molecule has 1 N–H and O–H groups in total. The number of ether oxygens (including phenoxy) is 1. The Balaban J connectivity index is 1.82. The zero-order valence-electron chi connectivity index (χ0n) is 14.2. The standard InChI is InChI=1S/C19H21N3O3/c1-3-12-20-18(23)13(2)25-19(24)17-15-10-7-11-16(15)22(21-17)14-8-5-4-6-9-14/h3-6,8-9,13H,1,7,10-12H2,2H3,(H,20,23)/t13-/m1/s1. The van der Waals surface area contributed by atoms with E-state index in [1.807, 2.05) is 30.3 Å². The minimum atomic E-state index is -0.883. The van der Waals surface area contributed by atoms with E-state index in [4.69, 9.17) is 4.74 Å². The minimum absolute atomic E-state index is 0.305. The van der Waals surface area contributed by atoms with Crippen LogP contribution >= 0.6 is 0 Å². The molecule has 1 amide bonds. The highest BCUT2D eigenvalue weighted by atomic mass is 16.5. The Morgan fingerprint density at radius 3 is 2.84 bits per heavy atom. The summed E-state index contributed by atoms with van der Waals surface area (Å²) in [7, 11) is 0. The third-order valence-corrected chi connectivity index (χ3v) is 4.20. The second kappa shape index (κ2) is 7.34. The van der Waals surface area contributed by atoms with Gasteiger partial charge in [0.2, 0.25) is 0 Å². The number of hydrogen-bond donors (Lipinski definition) is 1. The van der Waals surface area contributed by atoms with Gasteiger partial charge in [0.25, 0.3) is 5.91 Å². The molecular weight excluding hydrogens is 318 g/mol. The van der Waals surface area contributed by atoms with Gasteiger partial charge in [0.15, 0.2) is 11.8 Å². The number of benzene rings is 1. The van der Waals surface area contributed by atoms with Crippen LogP contribution in [0.5, 0.6) is 0 Å². The van der Waals surface area contributed by atoms with Gasteiger partial charge in [0.05, 0.1) is 5.69 Å². The van der Waals surface area contributed by atoms with Crippen LogP contribution in [0.2, 0.25) is 0 Å². The van der Waals surface area contributed by atoms with Crippen molar-refractivity contribution in [1.29, 1.82) is 0 Å². The molecule has 0 saturated heterocycles. The maximum Gasteiger partial charge on any atom is 0.359 e. The fraction of sp³-hybridized carbons (Fsp3) is 0.316. The Hall–Kier alpha value is -2.89. The van der Waals surface area contributed by atoms with Crippen LogP contribution in [0.1, 0.15) is 35.1 Å². The van der Waals surface area contributed by atoms with E-state index in [1.165, 1.54) is 0 Å².